The van der Waals surface area contributed by atoms with Crippen molar-refractivity contribution in [3.63, 3.8) is 0 Å². The Balaban J connectivity index is 3.28. The lowest BCUT2D eigenvalue weighted by Crippen LogP contribution is -2.16. The second-order valence-corrected chi connectivity index (χ2v) is 4.61. The predicted octanol–water partition coefficient (Wildman–Crippen LogP) is 1.25. The highest BCUT2D eigenvalue weighted by molar-refractivity contribution is 7.90. The Morgan fingerprint density at radius 2 is 2.06 bits per heavy atom. The molecule has 16 heavy (non-hydrogen) atoms. The molecule has 0 fully saturated rings. The van der Waals surface area contributed by atoms with E-state index in [1.54, 1.807) is 0 Å². The van der Waals surface area contributed by atoms with Crippen LogP contribution in [-0.2, 0) is 10.0 Å². The van der Waals surface area contributed by atoms with Crippen LogP contribution >= 0.6 is 11.6 Å². The van der Waals surface area contributed by atoms with E-state index in [0.29, 0.717) is 6.07 Å². The normalized spacial score (nSPS) is 12.8. The number of sulfonamides is 1. The van der Waals surface area contributed by atoms with Gasteiger partial charge in [0, 0.05) is 6.07 Å². The third-order valence-corrected chi connectivity index (χ3v) is 3.18. The summed E-state index contributed by atoms with van der Waals surface area (Å²) in [6.45, 7) is 0. The SMILES string of the molecule is NC(CCl)=NS(=O)(=O)c1ccc(F)cc1F. The minimum Gasteiger partial charge on any atom is -0.385 e. The van der Waals surface area contributed by atoms with Crippen LogP contribution in [0.3, 0.4) is 0 Å². The van der Waals surface area contributed by atoms with Gasteiger partial charge in [0.2, 0.25) is 0 Å². The quantitative estimate of drug-likeness (QED) is 0.509. The highest BCUT2D eigenvalue weighted by Crippen LogP contribution is 2.17. The lowest BCUT2D eigenvalue weighted by atomic mass is 10.3. The first-order chi connectivity index (χ1) is 7.36. The van der Waals surface area contributed by atoms with Gasteiger partial charge in [-0.2, -0.15) is 8.42 Å². The smallest absolute Gasteiger partial charge is 0.286 e. The number of nitrogens with two attached hydrogens (primary N) is 1. The van der Waals surface area contributed by atoms with E-state index in [1.807, 2.05) is 0 Å². The van der Waals surface area contributed by atoms with Gasteiger partial charge in [0.05, 0.1) is 5.88 Å². The average Bonchev–Trinajstić information content (AvgIpc) is 2.16. The molecule has 2 N–H and O–H groups in total. The van der Waals surface area contributed by atoms with Crippen LogP contribution in [0.15, 0.2) is 27.5 Å². The molecule has 0 saturated heterocycles. The Morgan fingerprint density at radius 1 is 1.44 bits per heavy atom. The maximum atomic E-state index is 13.1. The van der Waals surface area contributed by atoms with Crippen LogP contribution in [0.2, 0.25) is 0 Å². The van der Waals surface area contributed by atoms with Crippen molar-refractivity contribution in [2.24, 2.45) is 10.1 Å². The van der Waals surface area contributed by atoms with E-state index >= 15 is 0 Å². The van der Waals surface area contributed by atoms with Gasteiger partial charge < -0.3 is 5.73 Å². The van der Waals surface area contributed by atoms with Gasteiger partial charge in [-0.1, -0.05) is 0 Å². The summed E-state index contributed by atoms with van der Waals surface area (Å²) in [5.41, 5.74) is 5.12. The molecule has 8 heteroatoms. The molecule has 4 nitrogen and oxygen atoms in total. The van der Waals surface area contributed by atoms with Gasteiger partial charge in [0.1, 0.15) is 22.4 Å². The molecule has 0 bridgehead atoms. The molecule has 0 unspecified atom stereocenters. The van der Waals surface area contributed by atoms with E-state index in [9.17, 15) is 17.2 Å². The van der Waals surface area contributed by atoms with Gasteiger partial charge in [0.25, 0.3) is 10.0 Å². The summed E-state index contributed by atoms with van der Waals surface area (Å²) < 4.78 is 51.6. The van der Waals surface area contributed by atoms with Crippen molar-refractivity contribution >= 4 is 27.5 Å². The van der Waals surface area contributed by atoms with Gasteiger partial charge >= 0.3 is 0 Å². The molecular formula is C8H7ClF2N2O2S. The predicted molar refractivity (Wildman–Crippen MR) is 55.9 cm³/mol. The van der Waals surface area contributed by atoms with Crippen molar-refractivity contribution in [2.75, 3.05) is 5.88 Å². The third-order valence-electron chi connectivity index (χ3n) is 1.55. The summed E-state index contributed by atoms with van der Waals surface area (Å²) in [6.07, 6.45) is 0. The first-order valence-corrected chi connectivity index (χ1v) is 5.94. The molecule has 0 radical (unpaired) electrons. The molecule has 0 saturated carbocycles. The number of amidine groups is 1. The number of hydrogen-bond acceptors (Lipinski definition) is 2. The summed E-state index contributed by atoms with van der Waals surface area (Å²) >= 11 is 5.24. The highest BCUT2D eigenvalue weighted by atomic mass is 35.5. The van der Waals surface area contributed by atoms with Crippen molar-refractivity contribution in [3.8, 4) is 0 Å². The van der Waals surface area contributed by atoms with E-state index in [2.05, 4.69) is 4.40 Å². The zero-order valence-electron chi connectivity index (χ0n) is 7.82. The van der Waals surface area contributed by atoms with Gasteiger partial charge in [-0.15, -0.1) is 16.0 Å². The number of halogens is 3. The Morgan fingerprint density at radius 3 is 2.56 bits per heavy atom. The van der Waals surface area contributed by atoms with E-state index in [1.165, 1.54) is 0 Å². The zero-order chi connectivity index (χ0) is 12.3. The first-order valence-electron chi connectivity index (χ1n) is 3.97. The lowest BCUT2D eigenvalue weighted by molar-refractivity contribution is 0.550. The van der Waals surface area contributed by atoms with Crippen LogP contribution < -0.4 is 5.73 Å². The number of rotatable bonds is 3. The number of nitrogens with zero attached hydrogens (tertiary/aromatic N) is 1. The zero-order valence-corrected chi connectivity index (χ0v) is 9.39. The number of benzene rings is 1. The molecule has 0 amide bonds. The average molecular weight is 269 g/mol. The second kappa shape index (κ2) is 4.75. The molecule has 0 atom stereocenters. The van der Waals surface area contributed by atoms with E-state index in [-0.39, 0.29) is 11.7 Å². The minimum atomic E-state index is -4.28. The second-order valence-electron chi connectivity index (χ2n) is 2.77. The van der Waals surface area contributed by atoms with Crippen molar-refractivity contribution < 1.29 is 17.2 Å². The van der Waals surface area contributed by atoms with Crippen LogP contribution in [0.1, 0.15) is 0 Å². The fourth-order valence-corrected chi connectivity index (χ4v) is 2.06. The Bertz CT molecular complexity index is 531. The largest absolute Gasteiger partial charge is 0.385 e. The topological polar surface area (TPSA) is 72.5 Å². The molecule has 0 spiro atoms. The maximum Gasteiger partial charge on any atom is 0.286 e. The van der Waals surface area contributed by atoms with Crippen molar-refractivity contribution in [1.29, 1.82) is 0 Å². The maximum absolute atomic E-state index is 13.1. The summed E-state index contributed by atoms with van der Waals surface area (Å²) in [6, 6.07) is 2.02. The summed E-state index contributed by atoms with van der Waals surface area (Å²) in [5.74, 6) is -2.79. The van der Waals surface area contributed by atoms with E-state index in [4.69, 9.17) is 17.3 Å². The van der Waals surface area contributed by atoms with Crippen LogP contribution in [-0.4, -0.2) is 20.1 Å². The monoisotopic (exact) mass is 268 g/mol. The fraction of sp³-hybridized carbons (Fsp3) is 0.125. The first kappa shape index (κ1) is 12.9. The van der Waals surface area contributed by atoms with Gasteiger partial charge in [-0.25, -0.2) is 8.78 Å². The molecule has 0 aliphatic heterocycles. The highest BCUT2D eigenvalue weighted by Gasteiger charge is 2.19. The minimum absolute atomic E-state index is 0.304. The van der Waals surface area contributed by atoms with Gasteiger partial charge in [0.15, 0.2) is 0 Å². The van der Waals surface area contributed by atoms with E-state index in [0.717, 1.165) is 12.1 Å². The summed E-state index contributed by atoms with van der Waals surface area (Å²) in [5, 5.41) is 0. The molecule has 1 rings (SSSR count). The standard InChI is InChI=1S/C8H7ClF2N2O2S/c9-4-8(12)13-16(14,15)7-2-1-5(10)3-6(7)11/h1-3H,4H2,(H2,12,13). The van der Waals surface area contributed by atoms with Crippen molar-refractivity contribution in [3.05, 3.63) is 29.8 Å². The van der Waals surface area contributed by atoms with E-state index < -0.39 is 26.6 Å². The number of alkyl halides is 1. The Hall–Kier alpha value is -1.21. The lowest BCUT2D eigenvalue weighted by Gasteiger charge is -2.01. The summed E-state index contributed by atoms with van der Waals surface area (Å²) in [4.78, 5) is -0.748. The molecule has 0 aliphatic rings. The van der Waals surface area contributed by atoms with Crippen LogP contribution in [0.25, 0.3) is 0 Å². The van der Waals surface area contributed by atoms with Crippen LogP contribution in [0, 0.1) is 11.6 Å². The molecule has 0 heterocycles. The Kier molecular flexibility index (Phi) is 3.82. The molecule has 0 aromatic heterocycles. The fourth-order valence-electron chi connectivity index (χ4n) is 0.912. The Labute approximate surface area is 95.8 Å². The molecule has 88 valence electrons. The van der Waals surface area contributed by atoms with Gasteiger partial charge in [-0.05, 0) is 12.1 Å². The van der Waals surface area contributed by atoms with Crippen LogP contribution in [0.4, 0.5) is 8.78 Å². The molecular weight excluding hydrogens is 262 g/mol. The third kappa shape index (κ3) is 2.89. The van der Waals surface area contributed by atoms with Crippen molar-refractivity contribution in [2.45, 2.75) is 4.90 Å². The molecule has 0 aliphatic carbocycles. The molecule has 1 aromatic rings. The van der Waals surface area contributed by atoms with Crippen LogP contribution in [0.5, 0.6) is 0 Å². The van der Waals surface area contributed by atoms with Crippen molar-refractivity contribution in [1.82, 2.24) is 0 Å². The summed E-state index contributed by atoms with van der Waals surface area (Å²) in [7, 11) is -4.28. The molecule has 1 aromatic carbocycles. The number of hydrogen-bond donors (Lipinski definition) is 1. The van der Waals surface area contributed by atoms with Gasteiger partial charge in [-0.3, -0.25) is 0 Å².